The Morgan fingerprint density at radius 3 is 2.30 bits per heavy atom. The molecular formula is C20H20BrNO5. The zero-order valence-electron chi connectivity index (χ0n) is 15.4. The van der Waals surface area contributed by atoms with Crippen LogP contribution in [0.5, 0.6) is 23.0 Å². The molecule has 0 saturated carbocycles. The third kappa shape index (κ3) is 5.38. The standard InChI is InChI=1S/C20H20BrNO5/c1-4-25-18-9-14(15(21)11-19(18)26-5-2)10-20(23)27-16-7-6-13(12-22)8-17(16)24-3/h6-9,11H,4-5,10H2,1-3H3. The monoisotopic (exact) mass is 433 g/mol. The molecule has 0 aliphatic carbocycles. The van der Waals surface area contributed by atoms with E-state index in [1.807, 2.05) is 19.9 Å². The number of benzene rings is 2. The number of methoxy groups -OCH3 is 1. The first-order valence-electron chi connectivity index (χ1n) is 8.39. The lowest BCUT2D eigenvalue weighted by Crippen LogP contribution is -2.12. The predicted molar refractivity (Wildman–Crippen MR) is 104 cm³/mol. The first-order chi connectivity index (χ1) is 13.0. The molecule has 0 amide bonds. The van der Waals surface area contributed by atoms with Gasteiger partial charge in [0.25, 0.3) is 0 Å². The van der Waals surface area contributed by atoms with Crippen LogP contribution in [0.4, 0.5) is 0 Å². The van der Waals surface area contributed by atoms with Crippen molar-refractivity contribution in [3.8, 4) is 29.1 Å². The number of carbonyl (C=O) groups excluding carboxylic acids is 1. The summed E-state index contributed by atoms with van der Waals surface area (Å²) in [6, 6.07) is 10.2. The average molecular weight is 434 g/mol. The van der Waals surface area contributed by atoms with Gasteiger partial charge in [0.2, 0.25) is 0 Å². The van der Waals surface area contributed by atoms with Gasteiger partial charge in [-0.15, -0.1) is 0 Å². The number of hydrogen-bond donors (Lipinski definition) is 0. The lowest BCUT2D eigenvalue weighted by Gasteiger charge is -2.14. The van der Waals surface area contributed by atoms with Crippen LogP contribution in [-0.2, 0) is 11.2 Å². The molecule has 0 heterocycles. The van der Waals surface area contributed by atoms with Crippen molar-refractivity contribution < 1.29 is 23.7 Å². The lowest BCUT2D eigenvalue weighted by molar-refractivity contribution is -0.133. The minimum atomic E-state index is -0.467. The number of halogens is 1. The average Bonchev–Trinajstić information content (AvgIpc) is 2.66. The molecule has 2 aromatic rings. The van der Waals surface area contributed by atoms with Crippen molar-refractivity contribution in [2.75, 3.05) is 20.3 Å². The summed E-state index contributed by atoms with van der Waals surface area (Å²) in [7, 11) is 1.45. The van der Waals surface area contributed by atoms with E-state index in [-0.39, 0.29) is 12.2 Å². The number of rotatable bonds is 8. The Bertz CT molecular complexity index is 860. The van der Waals surface area contributed by atoms with Crippen molar-refractivity contribution in [1.82, 2.24) is 0 Å². The summed E-state index contributed by atoms with van der Waals surface area (Å²) >= 11 is 3.46. The molecule has 0 bridgehead atoms. The van der Waals surface area contributed by atoms with Crippen molar-refractivity contribution in [2.24, 2.45) is 0 Å². The highest BCUT2D eigenvalue weighted by atomic mass is 79.9. The quantitative estimate of drug-likeness (QED) is 0.456. The second-order valence-electron chi connectivity index (χ2n) is 5.38. The molecule has 0 radical (unpaired) electrons. The van der Waals surface area contributed by atoms with Gasteiger partial charge in [0, 0.05) is 10.5 Å². The number of esters is 1. The Labute approximate surface area is 166 Å². The van der Waals surface area contributed by atoms with Crippen LogP contribution in [0.2, 0.25) is 0 Å². The maximum atomic E-state index is 12.4. The Morgan fingerprint density at radius 2 is 1.70 bits per heavy atom. The van der Waals surface area contributed by atoms with Crippen LogP contribution < -0.4 is 18.9 Å². The minimum Gasteiger partial charge on any atom is -0.493 e. The molecule has 27 heavy (non-hydrogen) atoms. The number of nitrogens with zero attached hydrogens (tertiary/aromatic N) is 1. The number of hydrogen-bond acceptors (Lipinski definition) is 6. The molecule has 2 rings (SSSR count). The van der Waals surface area contributed by atoms with E-state index in [1.165, 1.54) is 19.2 Å². The van der Waals surface area contributed by atoms with Gasteiger partial charge in [-0.1, -0.05) is 15.9 Å². The molecule has 0 aromatic heterocycles. The normalized spacial score (nSPS) is 10.0. The Kier molecular flexibility index (Phi) is 7.50. The van der Waals surface area contributed by atoms with Gasteiger partial charge in [0.15, 0.2) is 23.0 Å². The first kappa shape index (κ1) is 20.6. The van der Waals surface area contributed by atoms with Gasteiger partial charge in [0.05, 0.1) is 38.4 Å². The minimum absolute atomic E-state index is 0.0240. The zero-order valence-corrected chi connectivity index (χ0v) is 17.0. The summed E-state index contributed by atoms with van der Waals surface area (Å²) < 4.78 is 22.5. The topological polar surface area (TPSA) is 77.8 Å². The summed E-state index contributed by atoms with van der Waals surface area (Å²) in [5.74, 6) is 1.29. The van der Waals surface area contributed by atoms with Crippen LogP contribution in [0.3, 0.4) is 0 Å². The molecule has 142 valence electrons. The van der Waals surface area contributed by atoms with Crippen LogP contribution in [0.25, 0.3) is 0 Å². The third-order valence-electron chi connectivity index (χ3n) is 3.56. The van der Waals surface area contributed by atoms with Crippen LogP contribution in [0.1, 0.15) is 25.0 Å². The SMILES string of the molecule is CCOc1cc(Br)c(CC(=O)Oc2ccc(C#N)cc2OC)cc1OCC. The largest absolute Gasteiger partial charge is 0.493 e. The molecule has 0 atom stereocenters. The molecule has 7 heteroatoms. The molecule has 0 aliphatic rings. The maximum absolute atomic E-state index is 12.4. The molecule has 0 N–H and O–H groups in total. The van der Waals surface area contributed by atoms with Crippen LogP contribution in [-0.4, -0.2) is 26.3 Å². The fraction of sp³-hybridized carbons (Fsp3) is 0.300. The second kappa shape index (κ2) is 9.83. The highest BCUT2D eigenvalue weighted by molar-refractivity contribution is 9.10. The Morgan fingerprint density at radius 1 is 1.04 bits per heavy atom. The number of ether oxygens (including phenoxy) is 4. The van der Waals surface area contributed by atoms with Gasteiger partial charge in [-0.05, 0) is 43.7 Å². The van der Waals surface area contributed by atoms with Crippen molar-refractivity contribution in [3.05, 3.63) is 45.9 Å². The van der Waals surface area contributed by atoms with Gasteiger partial charge in [-0.2, -0.15) is 5.26 Å². The fourth-order valence-electron chi connectivity index (χ4n) is 2.38. The zero-order chi connectivity index (χ0) is 19.8. The van der Waals surface area contributed by atoms with E-state index >= 15 is 0 Å². The Balaban J connectivity index is 2.20. The van der Waals surface area contributed by atoms with E-state index in [4.69, 9.17) is 24.2 Å². The van der Waals surface area contributed by atoms with Gasteiger partial charge in [0.1, 0.15) is 0 Å². The van der Waals surface area contributed by atoms with Crippen LogP contribution in [0, 0.1) is 11.3 Å². The highest BCUT2D eigenvalue weighted by Gasteiger charge is 2.16. The summed E-state index contributed by atoms with van der Waals surface area (Å²) in [5.41, 5.74) is 1.13. The van der Waals surface area contributed by atoms with Crippen LogP contribution >= 0.6 is 15.9 Å². The fourth-order valence-corrected chi connectivity index (χ4v) is 2.85. The van der Waals surface area contributed by atoms with Crippen molar-refractivity contribution in [3.63, 3.8) is 0 Å². The van der Waals surface area contributed by atoms with Crippen molar-refractivity contribution in [1.29, 1.82) is 5.26 Å². The van der Waals surface area contributed by atoms with E-state index in [9.17, 15) is 4.79 Å². The third-order valence-corrected chi connectivity index (χ3v) is 4.30. The molecule has 6 nitrogen and oxygen atoms in total. The summed E-state index contributed by atoms with van der Waals surface area (Å²) in [6.07, 6.45) is 0.0240. The predicted octanol–water partition coefficient (Wildman–Crippen LogP) is 4.27. The summed E-state index contributed by atoms with van der Waals surface area (Å²) in [4.78, 5) is 12.4. The smallest absolute Gasteiger partial charge is 0.315 e. The van der Waals surface area contributed by atoms with Gasteiger partial charge < -0.3 is 18.9 Å². The molecule has 0 fully saturated rings. The molecule has 0 unspecified atom stereocenters. The van der Waals surface area contributed by atoms with E-state index in [0.717, 1.165) is 4.47 Å². The lowest BCUT2D eigenvalue weighted by atomic mass is 10.1. The van der Waals surface area contributed by atoms with Crippen molar-refractivity contribution in [2.45, 2.75) is 20.3 Å². The van der Waals surface area contributed by atoms with E-state index < -0.39 is 5.97 Å². The maximum Gasteiger partial charge on any atom is 0.315 e. The van der Waals surface area contributed by atoms with Crippen molar-refractivity contribution >= 4 is 21.9 Å². The van der Waals surface area contributed by atoms with E-state index in [2.05, 4.69) is 15.9 Å². The van der Waals surface area contributed by atoms with Gasteiger partial charge >= 0.3 is 5.97 Å². The molecular weight excluding hydrogens is 414 g/mol. The molecule has 2 aromatic carbocycles. The highest BCUT2D eigenvalue weighted by Crippen LogP contribution is 2.35. The van der Waals surface area contributed by atoms with E-state index in [1.54, 1.807) is 18.2 Å². The first-order valence-corrected chi connectivity index (χ1v) is 9.18. The molecule has 0 saturated heterocycles. The number of nitriles is 1. The van der Waals surface area contributed by atoms with Gasteiger partial charge in [-0.3, -0.25) is 4.79 Å². The molecule has 0 aliphatic heterocycles. The second-order valence-corrected chi connectivity index (χ2v) is 6.24. The number of carbonyl (C=O) groups is 1. The summed E-state index contributed by atoms with van der Waals surface area (Å²) in [6.45, 7) is 4.75. The molecule has 0 spiro atoms. The Hall–Kier alpha value is -2.72. The van der Waals surface area contributed by atoms with E-state index in [0.29, 0.717) is 41.6 Å². The van der Waals surface area contributed by atoms with Gasteiger partial charge in [-0.25, -0.2) is 0 Å². The summed E-state index contributed by atoms with van der Waals surface area (Å²) in [5, 5.41) is 8.95. The van der Waals surface area contributed by atoms with Crippen LogP contribution in [0.15, 0.2) is 34.8 Å².